The number of primary amides is 1. The van der Waals surface area contributed by atoms with E-state index in [1.807, 2.05) is 0 Å². The van der Waals surface area contributed by atoms with Crippen molar-refractivity contribution in [2.75, 3.05) is 11.9 Å². The third kappa shape index (κ3) is 3.67. The highest BCUT2D eigenvalue weighted by Crippen LogP contribution is 2.26. The summed E-state index contributed by atoms with van der Waals surface area (Å²) in [5, 5.41) is 13.4. The SMILES string of the molecule is CCOc1ccc([N+](=O)[O-])cc1C(=O)Nc1ccccc1C(N)=O. The van der Waals surface area contributed by atoms with Crippen molar-refractivity contribution >= 4 is 23.2 Å². The zero-order chi connectivity index (χ0) is 17.7. The maximum absolute atomic E-state index is 12.5. The predicted molar refractivity (Wildman–Crippen MR) is 87.2 cm³/mol. The summed E-state index contributed by atoms with van der Waals surface area (Å²) in [7, 11) is 0. The number of amides is 2. The zero-order valence-electron chi connectivity index (χ0n) is 12.8. The fraction of sp³-hybridized carbons (Fsp3) is 0.125. The molecule has 0 saturated heterocycles. The highest BCUT2D eigenvalue weighted by atomic mass is 16.6. The fourth-order valence-electron chi connectivity index (χ4n) is 2.09. The van der Waals surface area contributed by atoms with E-state index in [1.165, 1.54) is 24.3 Å². The Morgan fingerprint density at radius 3 is 2.54 bits per heavy atom. The third-order valence-corrected chi connectivity index (χ3v) is 3.16. The third-order valence-electron chi connectivity index (χ3n) is 3.16. The van der Waals surface area contributed by atoms with E-state index in [-0.39, 0.29) is 34.9 Å². The molecule has 0 spiro atoms. The standard InChI is InChI=1S/C16H15N3O5/c1-2-24-14-8-7-10(19(22)23)9-12(14)16(21)18-13-6-4-3-5-11(13)15(17)20/h3-9H,2H2,1H3,(H2,17,20)(H,18,21). The monoisotopic (exact) mass is 329 g/mol. The van der Waals surface area contributed by atoms with Gasteiger partial charge in [-0.3, -0.25) is 19.7 Å². The van der Waals surface area contributed by atoms with Crippen LogP contribution >= 0.6 is 0 Å². The van der Waals surface area contributed by atoms with Crippen LogP contribution in [0.15, 0.2) is 42.5 Å². The van der Waals surface area contributed by atoms with Crippen molar-refractivity contribution in [1.29, 1.82) is 0 Å². The van der Waals surface area contributed by atoms with Crippen LogP contribution in [0.5, 0.6) is 5.75 Å². The average Bonchev–Trinajstić information content (AvgIpc) is 2.55. The van der Waals surface area contributed by atoms with Gasteiger partial charge in [-0.2, -0.15) is 0 Å². The van der Waals surface area contributed by atoms with Gasteiger partial charge in [0.15, 0.2) is 0 Å². The maximum Gasteiger partial charge on any atom is 0.270 e. The Morgan fingerprint density at radius 1 is 1.21 bits per heavy atom. The molecule has 3 N–H and O–H groups in total. The molecule has 0 aliphatic heterocycles. The van der Waals surface area contributed by atoms with Gasteiger partial charge >= 0.3 is 0 Å². The lowest BCUT2D eigenvalue weighted by Gasteiger charge is -2.12. The van der Waals surface area contributed by atoms with Gasteiger partial charge < -0.3 is 15.8 Å². The fourth-order valence-corrected chi connectivity index (χ4v) is 2.09. The molecule has 2 aromatic carbocycles. The quantitative estimate of drug-likeness (QED) is 0.621. The van der Waals surface area contributed by atoms with E-state index in [0.29, 0.717) is 0 Å². The number of hydrogen-bond donors (Lipinski definition) is 2. The summed E-state index contributed by atoms with van der Waals surface area (Å²) in [5.41, 5.74) is 5.36. The van der Waals surface area contributed by atoms with Gasteiger partial charge in [-0.1, -0.05) is 12.1 Å². The Bertz CT molecular complexity index is 804. The van der Waals surface area contributed by atoms with Gasteiger partial charge in [-0.25, -0.2) is 0 Å². The normalized spacial score (nSPS) is 10.0. The lowest BCUT2D eigenvalue weighted by Crippen LogP contribution is -2.19. The van der Waals surface area contributed by atoms with E-state index in [0.717, 1.165) is 6.07 Å². The van der Waals surface area contributed by atoms with Crippen LogP contribution in [-0.4, -0.2) is 23.3 Å². The number of rotatable bonds is 6. The van der Waals surface area contributed by atoms with Crippen LogP contribution in [0.2, 0.25) is 0 Å². The second-order valence-corrected chi connectivity index (χ2v) is 4.73. The molecule has 0 bridgehead atoms. The highest BCUT2D eigenvalue weighted by molar-refractivity contribution is 6.10. The first-order valence-corrected chi connectivity index (χ1v) is 7.05. The van der Waals surface area contributed by atoms with Crippen molar-refractivity contribution < 1.29 is 19.2 Å². The number of benzene rings is 2. The number of hydrogen-bond acceptors (Lipinski definition) is 5. The number of anilines is 1. The Balaban J connectivity index is 2.40. The summed E-state index contributed by atoms with van der Waals surface area (Å²) in [6.07, 6.45) is 0. The summed E-state index contributed by atoms with van der Waals surface area (Å²) in [5.74, 6) is -1.14. The van der Waals surface area contributed by atoms with Gasteiger partial charge in [-0.05, 0) is 25.1 Å². The first-order chi connectivity index (χ1) is 11.4. The molecule has 0 radical (unpaired) electrons. The van der Waals surface area contributed by atoms with Gasteiger partial charge in [0.25, 0.3) is 17.5 Å². The topological polar surface area (TPSA) is 125 Å². The van der Waals surface area contributed by atoms with Crippen molar-refractivity contribution in [3.05, 3.63) is 63.7 Å². The van der Waals surface area contributed by atoms with Crippen LogP contribution in [0.25, 0.3) is 0 Å². The van der Waals surface area contributed by atoms with E-state index < -0.39 is 16.7 Å². The second kappa shape index (κ2) is 7.23. The van der Waals surface area contributed by atoms with Crippen LogP contribution in [0.3, 0.4) is 0 Å². The molecule has 24 heavy (non-hydrogen) atoms. The van der Waals surface area contributed by atoms with E-state index >= 15 is 0 Å². The molecule has 8 heteroatoms. The van der Waals surface area contributed by atoms with Crippen molar-refractivity contribution in [2.45, 2.75) is 6.92 Å². The molecule has 2 rings (SSSR count). The number of nitrogens with one attached hydrogen (secondary N) is 1. The molecular formula is C16H15N3O5. The van der Waals surface area contributed by atoms with Gasteiger partial charge in [-0.15, -0.1) is 0 Å². The van der Waals surface area contributed by atoms with Crippen molar-refractivity contribution in [3.63, 3.8) is 0 Å². The number of ether oxygens (including phenoxy) is 1. The molecule has 2 amide bonds. The van der Waals surface area contributed by atoms with Gasteiger partial charge in [0.05, 0.1) is 28.3 Å². The van der Waals surface area contributed by atoms with Crippen LogP contribution in [0.1, 0.15) is 27.6 Å². The second-order valence-electron chi connectivity index (χ2n) is 4.73. The first kappa shape index (κ1) is 16.9. The summed E-state index contributed by atoms with van der Waals surface area (Å²) < 4.78 is 5.33. The van der Waals surface area contributed by atoms with Crippen LogP contribution < -0.4 is 15.8 Å². The molecule has 0 heterocycles. The summed E-state index contributed by atoms with van der Waals surface area (Å²) in [6.45, 7) is 2.02. The average molecular weight is 329 g/mol. The molecule has 0 aromatic heterocycles. The van der Waals surface area contributed by atoms with Crippen molar-refractivity contribution in [3.8, 4) is 5.75 Å². The number of nitrogens with zero attached hydrogens (tertiary/aromatic N) is 1. The molecule has 0 aliphatic carbocycles. The van der Waals surface area contributed by atoms with Gasteiger partial charge in [0.1, 0.15) is 5.75 Å². The molecule has 124 valence electrons. The number of non-ortho nitro benzene ring substituents is 1. The van der Waals surface area contributed by atoms with E-state index in [9.17, 15) is 19.7 Å². The van der Waals surface area contributed by atoms with Gasteiger partial charge in [0, 0.05) is 12.1 Å². The number of nitro groups is 1. The highest BCUT2D eigenvalue weighted by Gasteiger charge is 2.19. The van der Waals surface area contributed by atoms with E-state index in [2.05, 4.69) is 5.32 Å². The van der Waals surface area contributed by atoms with Gasteiger partial charge in [0.2, 0.25) is 0 Å². The number of carbonyl (C=O) groups is 2. The van der Waals surface area contributed by atoms with Crippen molar-refractivity contribution in [2.24, 2.45) is 5.73 Å². The number of nitro benzene ring substituents is 1. The largest absolute Gasteiger partial charge is 0.493 e. The first-order valence-electron chi connectivity index (χ1n) is 7.05. The molecule has 0 saturated carbocycles. The van der Waals surface area contributed by atoms with E-state index in [1.54, 1.807) is 19.1 Å². The lowest BCUT2D eigenvalue weighted by molar-refractivity contribution is -0.384. The number of carbonyl (C=O) groups excluding carboxylic acids is 2. The molecule has 0 unspecified atom stereocenters. The Hall–Kier alpha value is -3.42. The zero-order valence-corrected chi connectivity index (χ0v) is 12.8. The van der Waals surface area contributed by atoms with Crippen LogP contribution in [0, 0.1) is 10.1 Å². The van der Waals surface area contributed by atoms with Crippen LogP contribution in [0.4, 0.5) is 11.4 Å². The summed E-state index contributed by atoms with van der Waals surface area (Å²) in [6, 6.07) is 9.93. The Morgan fingerprint density at radius 2 is 1.92 bits per heavy atom. The molecule has 8 nitrogen and oxygen atoms in total. The minimum Gasteiger partial charge on any atom is -0.493 e. The van der Waals surface area contributed by atoms with E-state index in [4.69, 9.17) is 10.5 Å². The molecule has 0 atom stereocenters. The number of nitrogens with two attached hydrogens (primary N) is 1. The predicted octanol–water partition coefficient (Wildman–Crippen LogP) is 2.34. The summed E-state index contributed by atoms with van der Waals surface area (Å²) in [4.78, 5) is 34.2. The summed E-state index contributed by atoms with van der Waals surface area (Å²) >= 11 is 0. The van der Waals surface area contributed by atoms with Crippen LogP contribution in [-0.2, 0) is 0 Å². The minimum atomic E-state index is -0.699. The lowest BCUT2D eigenvalue weighted by atomic mass is 10.1. The van der Waals surface area contributed by atoms with Crippen molar-refractivity contribution in [1.82, 2.24) is 0 Å². The molecule has 0 fully saturated rings. The molecule has 0 aliphatic rings. The number of para-hydroxylation sites is 1. The maximum atomic E-state index is 12.5. The smallest absolute Gasteiger partial charge is 0.270 e. The Labute approximate surface area is 137 Å². The minimum absolute atomic E-state index is 0.00896. The molecule has 2 aromatic rings. The Kier molecular flexibility index (Phi) is 5.10. The molecular weight excluding hydrogens is 314 g/mol.